The van der Waals surface area contributed by atoms with Crippen molar-refractivity contribution < 1.29 is 14.3 Å². The summed E-state index contributed by atoms with van der Waals surface area (Å²) in [5, 5.41) is 9.53. The Labute approximate surface area is 170 Å². The molecule has 0 saturated heterocycles. The molecule has 0 unspecified atom stereocenters. The molecule has 0 aliphatic heterocycles. The fourth-order valence-corrected chi connectivity index (χ4v) is 2.70. The van der Waals surface area contributed by atoms with Crippen LogP contribution in [0, 0.1) is 24.2 Å². The van der Waals surface area contributed by atoms with Crippen LogP contribution in [0.15, 0.2) is 54.2 Å². The minimum atomic E-state index is -0.687. The van der Waals surface area contributed by atoms with E-state index in [2.05, 4.69) is 4.98 Å². The Kier molecular flexibility index (Phi) is 6.30. The van der Waals surface area contributed by atoms with Crippen molar-refractivity contribution >= 4 is 17.7 Å². The van der Waals surface area contributed by atoms with Gasteiger partial charge >= 0.3 is 5.97 Å². The van der Waals surface area contributed by atoms with Crippen LogP contribution in [0.1, 0.15) is 30.7 Å². The first kappa shape index (κ1) is 20.2. The molecule has 0 amide bonds. The predicted octanol–water partition coefficient (Wildman–Crippen LogP) is 4.33. The van der Waals surface area contributed by atoms with Gasteiger partial charge in [0.1, 0.15) is 29.6 Å². The topological polar surface area (TPSA) is 76.6 Å². The van der Waals surface area contributed by atoms with Crippen LogP contribution in [0.3, 0.4) is 0 Å². The van der Waals surface area contributed by atoms with E-state index in [9.17, 15) is 10.1 Å². The molecule has 3 aromatic rings. The standard InChI is InChI=1S/C23H23N3O3/c1-16(2)14-28-22-20(26-10-9-17(3)11-21(26)25-22)12-19(13-24)23(27)29-15-18-7-5-4-6-8-18/h4-12,16H,14-15H2,1-3H3/b19-12-. The number of hydrogen-bond donors (Lipinski definition) is 0. The Balaban J connectivity index is 1.91. The molecule has 3 rings (SSSR count). The summed E-state index contributed by atoms with van der Waals surface area (Å²) in [6.07, 6.45) is 3.31. The average Bonchev–Trinajstić information content (AvgIpc) is 3.05. The van der Waals surface area contributed by atoms with Crippen molar-refractivity contribution in [1.29, 1.82) is 5.26 Å². The lowest BCUT2D eigenvalue weighted by atomic mass is 10.2. The summed E-state index contributed by atoms with van der Waals surface area (Å²) in [4.78, 5) is 17.0. The van der Waals surface area contributed by atoms with E-state index in [0.29, 0.717) is 29.7 Å². The Morgan fingerprint density at radius 2 is 2.03 bits per heavy atom. The monoisotopic (exact) mass is 389 g/mol. The van der Waals surface area contributed by atoms with E-state index < -0.39 is 5.97 Å². The molecule has 2 aromatic heterocycles. The molecular weight excluding hydrogens is 366 g/mol. The Morgan fingerprint density at radius 3 is 2.72 bits per heavy atom. The highest BCUT2D eigenvalue weighted by Crippen LogP contribution is 2.24. The van der Waals surface area contributed by atoms with Crippen LogP contribution in [0.2, 0.25) is 0 Å². The van der Waals surface area contributed by atoms with Gasteiger partial charge in [-0.15, -0.1) is 0 Å². The Hall–Kier alpha value is -3.59. The minimum absolute atomic E-state index is 0.0990. The second-order valence-corrected chi connectivity index (χ2v) is 7.17. The molecular formula is C23H23N3O3. The molecule has 0 radical (unpaired) electrons. The SMILES string of the molecule is Cc1ccn2c(/C=C(/C#N)C(=O)OCc3ccccc3)c(OCC(C)C)nc2c1. The molecule has 0 fully saturated rings. The van der Waals surface area contributed by atoms with Crippen molar-refractivity contribution in [1.82, 2.24) is 9.38 Å². The van der Waals surface area contributed by atoms with Crippen molar-refractivity contribution in [2.45, 2.75) is 27.4 Å². The maximum Gasteiger partial charge on any atom is 0.349 e. The molecule has 0 spiro atoms. The van der Waals surface area contributed by atoms with Gasteiger partial charge in [0.05, 0.1) is 6.61 Å². The Morgan fingerprint density at radius 1 is 1.28 bits per heavy atom. The van der Waals surface area contributed by atoms with E-state index in [-0.39, 0.29) is 12.2 Å². The second-order valence-electron chi connectivity index (χ2n) is 7.17. The number of ether oxygens (including phenoxy) is 2. The normalized spacial score (nSPS) is 11.5. The van der Waals surface area contributed by atoms with E-state index in [1.54, 1.807) is 4.40 Å². The zero-order valence-electron chi connectivity index (χ0n) is 16.8. The van der Waals surface area contributed by atoms with E-state index in [1.807, 2.05) is 75.5 Å². The number of aryl methyl sites for hydroxylation is 1. The largest absolute Gasteiger partial charge is 0.476 e. The highest BCUT2D eigenvalue weighted by molar-refractivity contribution is 5.98. The number of esters is 1. The van der Waals surface area contributed by atoms with Gasteiger partial charge in [0.25, 0.3) is 0 Å². The minimum Gasteiger partial charge on any atom is -0.476 e. The molecule has 29 heavy (non-hydrogen) atoms. The van der Waals surface area contributed by atoms with Crippen LogP contribution < -0.4 is 4.74 Å². The predicted molar refractivity (Wildman–Crippen MR) is 110 cm³/mol. The molecule has 1 aromatic carbocycles. The van der Waals surface area contributed by atoms with Gasteiger partial charge in [-0.05, 0) is 42.2 Å². The van der Waals surface area contributed by atoms with Gasteiger partial charge in [-0.3, -0.25) is 4.40 Å². The summed E-state index contributed by atoms with van der Waals surface area (Å²) < 4.78 is 12.9. The molecule has 0 saturated carbocycles. The highest BCUT2D eigenvalue weighted by atomic mass is 16.5. The number of pyridine rings is 1. The van der Waals surface area contributed by atoms with Gasteiger partial charge in [-0.2, -0.15) is 10.2 Å². The van der Waals surface area contributed by atoms with Crippen molar-refractivity contribution in [3.63, 3.8) is 0 Å². The highest BCUT2D eigenvalue weighted by Gasteiger charge is 2.17. The summed E-state index contributed by atoms with van der Waals surface area (Å²) in [6, 6.07) is 15.1. The van der Waals surface area contributed by atoms with Gasteiger partial charge in [-0.25, -0.2) is 4.79 Å². The molecule has 6 heteroatoms. The fraction of sp³-hybridized carbons (Fsp3) is 0.261. The van der Waals surface area contributed by atoms with Crippen LogP contribution in [0.4, 0.5) is 0 Å². The maximum atomic E-state index is 12.5. The lowest BCUT2D eigenvalue weighted by Gasteiger charge is -2.07. The molecule has 0 aliphatic carbocycles. The Bertz CT molecular complexity index is 1080. The van der Waals surface area contributed by atoms with Gasteiger partial charge < -0.3 is 9.47 Å². The first-order valence-corrected chi connectivity index (χ1v) is 9.42. The average molecular weight is 389 g/mol. The van der Waals surface area contributed by atoms with Crippen molar-refractivity contribution in [2.24, 2.45) is 5.92 Å². The molecule has 6 nitrogen and oxygen atoms in total. The van der Waals surface area contributed by atoms with Crippen molar-refractivity contribution in [2.75, 3.05) is 6.61 Å². The van der Waals surface area contributed by atoms with E-state index in [1.165, 1.54) is 6.08 Å². The number of nitriles is 1. The number of rotatable bonds is 7. The molecule has 0 atom stereocenters. The number of benzene rings is 1. The number of imidazole rings is 1. The van der Waals surface area contributed by atoms with Crippen LogP contribution in [0.25, 0.3) is 11.7 Å². The number of carbonyl (C=O) groups is 1. The van der Waals surface area contributed by atoms with Crippen LogP contribution >= 0.6 is 0 Å². The van der Waals surface area contributed by atoms with Crippen molar-refractivity contribution in [3.05, 3.63) is 71.1 Å². The van der Waals surface area contributed by atoms with Gasteiger partial charge in [0.15, 0.2) is 0 Å². The van der Waals surface area contributed by atoms with E-state index in [0.717, 1.165) is 11.1 Å². The summed E-state index contributed by atoms with van der Waals surface area (Å²) in [5.41, 5.74) is 3.01. The molecule has 148 valence electrons. The number of aromatic nitrogens is 2. The summed E-state index contributed by atoms with van der Waals surface area (Å²) in [7, 11) is 0. The van der Waals surface area contributed by atoms with Gasteiger partial charge in [0, 0.05) is 6.20 Å². The number of nitrogens with zero attached hydrogens (tertiary/aromatic N) is 3. The molecule has 2 heterocycles. The van der Waals surface area contributed by atoms with Crippen LogP contribution in [-0.2, 0) is 16.1 Å². The first-order chi connectivity index (χ1) is 14.0. The van der Waals surface area contributed by atoms with Crippen LogP contribution in [-0.4, -0.2) is 22.0 Å². The molecule has 0 bridgehead atoms. The number of carbonyl (C=O) groups excluding carboxylic acids is 1. The third-order valence-electron chi connectivity index (χ3n) is 4.17. The third kappa shape index (κ3) is 5.02. The number of hydrogen-bond acceptors (Lipinski definition) is 5. The zero-order chi connectivity index (χ0) is 20.8. The molecule has 0 N–H and O–H groups in total. The van der Waals surface area contributed by atoms with Crippen molar-refractivity contribution in [3.8, 4) is 11.9 Å². The second kappa shape index (κ2) is 9.07. The maximum absolute atomic E-state index is 12.5. The third-order valence-corrected chi connectivity index (χ3v) is 4.17. The lowest BCUT2D eigenvalue weighted by molar-refractivity contribution is -0.139. The lowest BCUT2D eigenvalue weighted by Crippen LogP contribution is -2.08. The summed E-state index contributed by atoms with van der Waals surface area (Å²) in [6.45, 7) is 6.63. The summed E-state index contributed by atoms with van der Waals surface area (Å²) >= 11 is 0. The van der Waals surface area contributed by atoms with E-state index in [4.69, 9.17) is 9.47 Å². The van der Waals surface area contributed by atoms with Gasteiger partial charge in [0.2, 0.25) is 5.88 Å². The smallest absolute Gasteiger partial charge is 0.349 e. The van der Waals surface area contributed by atoms with Gasteiger partial charge in [-0.1, -0.05) is 44.2 Å². The zero-order valence-corrected chi connectivity index (χ0v) is 16.8. The summed E-state index contributed by atoms with van der Waals surface area (Å²) in [5.74, 6) is 0.00536. The van der Waals surface area contributed by atoms with E-state index >= 15 is 0 Å². The van der Waals surface area contributed by atoms with Crippen LogP contribution in [0.5, 0.6) is 5.88 Å². The fourth-order valence-electron chi connectivity index (χ4n) is 2.70. The molecule has 0 aliphatic rings. The number of fused-ring (bicyclic) bond motifs is 1. The first-order valence-electron chi connectivity index (χ1n) is 9.42. The quantitative estimate of drug-likeness (QED) is 0.341.